The van der Waals surface area contributed by atoms with Crippen LogP contribution in [0.2, 0.25) is 0 Å². The first-order valence-electron chi connectivity index (χ1n) is 17.1. The van der Waals surface area contributed by atoms with Gasteiger partial charge in [0.1, 0.15) is 17.1 Å². The quantitative estimate of drug-likeness (QED) is 0.341. The van der Waals surface area contributed by atoms with E-state index in [4.69, 9.17) is 14.0 Å². The molecule has 2 aromatic rings. The maximum Gasteiger partial charge on any atom is 0.321 e. The molecule has 0 spiro atoms. The predicted molar refractivity (Wildman–Crippen MR) is 180 cm³/mol. The number of carbonyl (C=O) groups is 3. The van der Waals surface area contributed by atoms with Crippen LogP contribution >= 0.6 is 0 Å². The first kappa shape index (κ1) is 36.2. The molecule has 4 rings (SSSR count). The lowest BCUT2D eigenvalue weighted by molar-refractivity contribution is -0.120. The third-order valence-corrected chi connectivity index (χ3v) is 9.36. The number of aliphatic hydroxyl groups is 1. The van der Waals surface area contributed by atoms with Crippen LogP contribution in [0, 0.1) is 25.7 Å². The van der Waals surface area contributed by atoms with Crippen LogP contribution in [0.25, 0.3) is 0 Å². The molecular formula is C35H53N5O7. The van der Waals surface area contributed by atoms with Crippen molar-refractivity contribution in [2.75, 3.05) is 44.0 Å². The zero-order valence-electron chi connectivity index (χ0n) is 28.8. The molecule has 2 heterocycles. The average molecular weight is 656 g/mol. The van der Waals surface area contributed by atoms with Crippen molar-refractivity contribution < 1.29 is 33.5 Å². The minimum Gasteiger partial charge on any atom is -0.490 e. The number of likely N-dealkylation sites (N-methyl/N-ethyl adjacent to an activating group) is 1. The summed E-state index contributed by atoms with van der Waals surface area (Å²) >= 11 is 0. The van der Waals surface area contributed by atoms with Gasteiger partial charge in [-0.2, -0.15) is 0 Å². The highest BCUT2D eigenvalue weighted by Crippen LogP contribution is 2.30. The summed E-state index contributed by atoms with van der Waals surface area (Å²) in [5, 5.41) is 20.1. The lowest BCUT2D eigenvalue weighted by atomic mass is 9.88. The van der Waals surface area contributed by atoms with Gasteiger partial charge in [0, 0.05) is 44.3 Å². The van der Waals surface area contributed by atoms with Gasteiger partial charge in [0.15, 0.2) is 5.76 Å². The van der Waals surface area contributed by atoms with Gasteiger partial charge in [0.25, 0.3) is 5.91 Å². The monoisotopic (exact) mass is 655 g/mol. The Morgan fingerprint density at radius 1 is 1.09 bits per heavy atom. The van der Waals surface area contributed by atoms with Crippen molar-refractivity contribution in [2.24, 2.45) is 11.8 Å². The molecule has 12 heteroatoms. The van der Waals surface area contributed by atoms with E-state index in [1.54, 1.807) is 55.8 Å². The van der Waals surface area contributed by atoms with E-state index in [1.165, 1.54) is 0 Å². The van der Waals surface area contributed by atoms with Crippen molar-refractivity contribution in [2.45, 2.75) is 104 Å². The number of anilines is 2. The number of aromatic nitrogens is 1. The van der Waals surface area contributed by atoms with E-state index in [-0.39, 0.29) is 55.5 Å². The summed E-state index contributed by atoms with van der Waals surface area (Å²) in [4.78, 5) is 43.8. The fourth-order valence-electron chi connectivity index (χ4n) is 6.29. The smallest absolute Gasteiger partial charge is 0.321 e. The fraction of sp³-hybridized carbons (Fsp3) is 0.657. The molecule has 4 amide bonds. The van der Waals surface area contributed by atoms with Crippen LogP contribution in [-0.2, 0) is 9.53 Å². The van der Waals surface area contributed by atoms with Gasteiger partial charge in [-0.25, -0.2) is 4.79 Å². The number of benzene rings is 1. The molecule has 1 aliphatic heterocycles. The zero-order valence-corrected chi connectivity index (χ0v) is 28.8. The van der Waals surface area contributed by atoms with E-state index in [0.717, 1.165) is 51.4 Å². The SMILES string of the molecule is Cc1noc(C)c1NC(=O)N(C)C[C@@H]1OCCCC[C@H](C)Oc2ccc(NC(=O)C3CCCCC3)cc2C(=O)N([C@H](C)CO)C[C@@H]1C. The molecule has 0 radical (unpaired) electrons. The van der Waals surface area contributed by atoms with Crippen LogP contribution in [0.5, 0.6) is 5.75 Å². The van der Waals surface area contributed by atoms with Gasteiger partial charge in [-0.05, 0) is 78.0 Å². The van der Waals surface area contributed by atoms with Crippen LogP contribution < -0.4 is 15.4 Å². The Morgan fingerprint density at radius 3 is 2.49 bits per heavy atom. The van der Waals surface area contributed by atoms with E-state index >= 15 is 0 Å². The number of urea groups is 1. The molecule has 0 saturated heterocycles. The van der Waals surface area contributed by atoms with Crippen molar-refractivity contribution in [3.8, 4) is 5.75 Å². The molecule has 12 nitrogen and oxygen atoms in total. The maximum atomic E-state index is 14.4. The van der Waals surface area contributed by atoms with E-state index in [9.17, 15) is 19.5 Å². The van der Waals surface area contributed by atoms with Crippen molar-refractivity contribution >= 4 is 29.2 Å². The minimum atomic E-state index is -0.509. The number of rotatable bonds is 7. The molecule has 260 valence electrons. The van der Waals surface area contributed by atoms with Gasteiger partial charge in [-0.15, -0.1) is 0 Å². The van der Waals surface area contributed by atoms with Crippen LogP contribution in [0.1, 0.15) is 93.9 Å². The number of nitrogens with zero attached hydrogens (tertiary/aromatic N) is 3. The molecule has 0 bridgehead atoms. The molecule has 3 N–H and O–H groups in total. The van der Waals surface area contributed by atoms with Gasteiger partial charge in [0.05, 0.1) is 30.4 Å². The summed E-state index contributed by atoms with van der Waals surface area (Å²) in [6, 6.07) is 4.41. The second kappa shape index (κ2) is 17.0. The second-order valence-corrected chi connectivity index (χ2v) is 13.3. The molecule has 47 heavy (non-hydrogen) atoms. The summed E-state index contributed by atoms with van der Waals surface area (Å²) < 4.78 is 17.9. The van der Waals surface area contributed by atoms with Crippen molar-refractivity contribution in [3.63, 3.8) is 0 Å². The van der Waals surface area contributed by atoms with Crippen molar-refractivity contribution in [3.05, 3.63) is 35.2 Å². The number of carbonyl (C=O) groups excluding carboxylic acids is 3. The van der Waals surface area contributed by atoms with Crippen molar-refractivity contribution in [1.29, 1.82) is 0 Å². The Hall–Kier alpha value is -3.64. The number of aryl methyl sites for hydroxylation is 2. The first-order chi connectivity index (χ1) is 22.5. The van der Waals surface area contributed by atoms with E-state index in [2.05, 4.69) is 15.8 Å². The number of hydrogen-bond donors (Lipinski definition) is 3. The molecule has 1 aromatic heterocycles. The summed E-state index contributed by atoms with van der Waals surface area (Å²) in [6.45, 7) is 10.1. The number of hydrogen-bond acceptors (Lipinski definition) is 8. The summed E-state index contributed by atoms with van der Waals surface area (Å²) in [6.07, 6.45) is 6.86. The predicted octanol–water partition coefficient (Wildman–Crippen LogP) is 5.77. The number of fused-ring (bicyclic) bond motifs is 1. The lowest BCUT2D eigenvalue weighted by Crippen LogP contribution is -2.48. The lowest BCUT2D eigenvalue weighted by Gasteiger charge is -2.35. The molecule has 0 unspecified atom stereocenters. The summed E-state index contributed by atoms with van der Waals surface area (Å²) in [5.41, 5.74) is 2.01. The topological polar surface area (TPSA) is 146 Å². The van der Waals surface area contributed by atoms with E-state index in [0.29, 0.717) is 40.7 Å². The number of aliphatic hydroxyl groups excluding tert-OH is 1. The van der Waals surface area contributed by atoms with Crippen LogP contribution in [0.3, 0.4) is 0 Å². The largest absolute Gasteiger partial charge is 0.490 e. The summed E-state index contributed by atoms with van der Waals surface area (Å²) in [7, 11) is 1.70. The molecule has 1 aromatic carbocycles. The van der Waals surface area contributed by atoms with Gasteiger partial charge in [-0.3, -0.25) is 9.59 Å². The fourth-order valence-corrected chi connectivity index (χ4v) is 6.29. The Bertz CT molecular complexity index is 1340. The van der Waals surface area contributed by atoms with Gasteiger partial charge >= 0.3 is 6.03 Å². The molecule has 1 saturated carbocycles. The Labute approximate surface area is 278 Å². The van der Waals surface area contributed by atoms with Crippen LogP contribution in [0.15, 0.2) is 22.7 Å². The molecule has 4 atom stereocenters. The Morgan fingerprint density at radius 2 is 1.81 bits per heavy atom. The van der Waals surface area contributed by atoms with Crippen LogP contribution in [0.4, 0.5) is 16.2 Å². The maximum absolute atomic E-state index is 14.4. The standard InChI is InChI=1S/C35H53N5O7/c1-22-19-40(23(2)21-41)34(43)29-18-28(36-33(42)27-13-8-7-9-14-27)15-16-30(29)46-24(3)12-10-11-17-45-31(22)20-39(6)35(44)37-32-25(4)38-47-26(32)5/h15-16,18,22-24,27,31,41H,7-14,17,19-21H2,1-6H3,(H,36,42)(H,37,44)/t22-,23+,24-,31-/m0/s1. The van der Waals surface area contributed by atoms with Crippen molar-refractivity contribution in [1.82, 2.24) is 15.0 Å². The highest BCUT2D eigenvalue weighted by atomic mass is 16.5. The highest BCUT2D eigenvalue weighted by Gasteiger charge is 2.31. The first-order valence-corrected chi connectivity index (χ1v) is 17.1. The summed E-state index contributed by atoms with van der Waals surface area (Å²) in [5.74, 6) is 0.398. The number of ether oxygens (including phenoxy) is 2. The van der Waals surface area contributed by atoms with Crippen LogP contribution in [-0.4, -0.2) is 89.5 Å². The average Bonchev–Trinajstić information content (AvgIpc) is 3.38. The van der Waals surface area contributed by atoms with Gasteiger partial charge in [0.2, 0.25) is 5.91 Å². The third kappa shape index (κ3) is 9.70. The minimum absolute atomic E-state index is 0.0241. The third-order valence-electron chi connectivity index (χ3n) is 9.36. The molecule has 2 aliphatic rings. The molecular weight excluding hydrogens is 602 g/mol. The number of nitrogens with one attached hydrogen (secondary N) is 2. The zero-order chi connectivity index (χ0) is 34.1. The Balaban J connectivity index is 1.58. The van der Waals surface area contributed by atoms with E-state index < -0.39 is 12.1 Å². The normalized spacial score (nSPS) is 22.4. The molecule has 1 aliphatic carbocycles. The second-order valence-electron chi connectivity index (χ2n) is 13.3. The number of amides is 4. The van der Waals surface area contributed by atoms with Gasteiger partial charge in [-0.1, -0.05) is 31.3 Å². The highest BCUT2D eigenvalue weighted by molar-refractivity contribution is 6.00. The molecule has 1 fully saturated rings. The van der Waals surface area contributed by atoms with Gasteiger partial charge < -0.3 is 39.5 Å². The Kier molecular flexibility index (Phi) is 13.1. The van der Waals surface area contributed by atoms with E-state index in [1.807, 2.05) is 13.8 Å².